The molecule has 0 heterocycles. The molecule has 0 aromatic heterocycles. The molecule has 0 bridgehead atoms. The summed E-state index contributed by atoms with van der Waals surface area (Å²) in [5.74, 6) is 0.570. The first kappa shape index (κ1) is 12.9. The molecule has 0 aliphatic carbocycles. The first-order valence-electron chi connectivity index (χ1n) is 5.51. The molecule has 2 aromatic rings. The van der Waals surface area contributed by atoms with Gasteiger partial charge in [-0.05, 0) is 51.8 Å². The highest BCUT2D eigenvalue weighted by molar-refractivity contribution is 9.10. The molecule has 1 N–H and O–H groups in total. The van der Waals surface area contributed by atoms with E-state index in [1.165, 1.54) is 12.1 Å². The molecule has 0 atom stereocenters. The Hall–Kier alpha value is -1.55. The second-order valence-corrected chi connectivity index (χ2v) is 4.68. The number of hydrogen-bond acceptors (Lipinski definition) is 2. The maximum absolute atomic E-state index is 13.1. The van der Waals surface area contributed by atoms with Crippen molar-refractivity contribution in [2.75, 3.05) is 12.4 Å². The van der Waals surface area contributed by atoms with E-state index in [9.17, 15) is 4.39 Å². The molecule has 2 nitrogen and oxygen atoms in total. The van der Waals surface area contributed by atoms with Gasteiger partial charge in [0.25, 0.3) is 0 Å². The third kappa shape index (κ3) is 3.23. The van der Waals surface area contributed by atoms with E-state index in [-0.39, 0.29) is 5.82 Å². The highest BCUT2D eigenvalue weighted by atomic mass is 79.9. The number of ether oxygens (including phenoxy) is 1. The van der Waals surface area contributed by atoms with Gasteiger partial charge < -0.3 is 10.1 Å². The van der Waals surface area contributed by atoms with Gasteiger partial charge in [0.15, 0.2) is 0 Å². The maximum atomic E-state index is 13.1. The zero-order chi connectivity index (χ0) is 13.0. The van der Waals surface area contributed by atoms with Gasteiger partial charge in [-0.15, -0.1) is 0 Å². The van der Waals surface area contributed by atoms with Crippen LogP contribution in [0.25, 0.3) is 0 Å². The van der Waals surface area contributed by atoms with Crippen LogP contribution in [0.4, 0.5) is 10.1 Å². The van der Waals surface area contributed by atoms with E-state index in [1.54, 1.807) is 13.2 Å². The van der Waals surface area contributed by atoms with Gasteiger partial charge >= 0.3 is 0 Å². The minimum atomic E-state index is -0.254. The number of halogens is 2. The normalized spacial score (nSPS) is 10.2. The summed E-state index contributed by atoms with van der Waals surface area (Å²) in [6, 6.07) is 12.3. The molecule has 94 valence electrons. The average Bonchev–Trinajstić information content (AvgIpc) is 2.40. The van der Waals surface area contributed by atoms with Crippen LogP contribution in [-0.4, -0.2) is 7.11 Å². The van der Waals surface area contributed by atoms with Crippen molar-refractivity contribution in [3.05, 3.63) is 58.3 Å². The second kappa shape index (κ2) is 5.87. The van der Waals surface area contributed by atoms with Crippen LogP contribution in [-0.2, 0) is 6.54 Å². The van der Waals surface area contributed by atoms with Crippen molar-refractivity contribution in [1.82, 2.24) is 0 Å². The lowest BCUT2D eigenvalue weighted by atomic mass is 10.2. The Balaban J connectivity index is 2.04. The van der Waals surface area contributed by atoms with Gasteiger partial charge in [0, 0.05) is 11.0 Å². The van der Waals surface area contributed by atoms with Crippen LogP contribution in [0.5, 0.6) is 5.75 Å². The molecule has 18 heavy (non-hydrogen) atoms. The Morgan fingerprint density at radius 1 is 1.17 bits per heavy atom. The third-order valence-electron chi connectivity index (χ3n) is 2.57. The minimum Gasteiger partial charge on any atom is -0.497 e. The SMILES string of the molecule is COc1ccc(CNc2cc(F)ccc2Br)cc1. The molecule has 0 saturated carbocycles. The minimum absolute atomic E-state index is 0.254. The van der Waals surface area contributed by atoms with Crippen molar-refractivity contribution in [3.63, 3.8) is 0 Å². The Morgan fingerprint density at radius 2 is 1.89 bits per heavy atom. The van der Waals surface area contributed by atoms with Crippen LogP contribution in [0.1, 0.15) is 5.56 Å². The van der Waals surface area contributed by atoms with E-state index in [4.69, 9.17) is 4.74 Å². The number of anilines is 1. The number of hydrogen-bond donors (Lipinski definition) is 1. The van der Waals surface area contributed by atoms with E-state index in [0.717, 1.165) is 21.5 Å². The fourth-order valence-electron chi connectivity index (χ4n) is 1.57. The van der Waals surface area contributed by atoms with Gasteiger partial charge in [-0.2, -0.15) is 0 Å². The van der Waals surface area contributed by atoms with Crippen LogP contribution in [0.3, 0.4) is 0 Å². The number of nitrogens with one attached hydrogen (secondary N) is 1. The lowest BCUT2D eigenvalue weighted by Crippen LogP contribution is -2.00. The Kier molecular flexibility index (Phi) is 4.20. The second-order valence-electron chi connectivity index (χ2n) is 3.83. The first-order valence-corrected chi connectivity index (χ1v) is 6.30. The quantitative estimate of drug-likeness (QED) is 0.913. The maximum Gasteiger partial charge on any atom is 0.125 e. The van der Waals surface area contributed by atoms with Crippen molar-refractivity contribution < 1.29 is 9.13 Å². The van der Waals surface area contributed by atoms with E-state index in [1.807, 2.05) is 24.3 Å². The number of rotatable bonds is 4. The van der Waals surface area contributed by atoms with Gasteiger partial charge in [-0.1, -0.05) is 12.1 Å². The summed E-state index contributed by atoms with van der Waals surface area (Å²) in [7, 11) is 1.64. The molecule has 4 heteroatoms. The van der Waals surface area contributed by atoms with Crippen LogP contribution in [0, 0.1) is 5.82 Å². The van der Waals surface area contributed by atoms with E-state index < -0.39 is 0 Å². The summed E-state index contributed by atoms with van der Waals surface area (Å²) in [6.07, 6.45) is 0. The van der Waals surface area contributed by atoms with Crippen molar-refractivity contribution in [2.45, 2.75) is 6.54 Å². The molecule has 0 aliphatic heterocycles. The molecule has 0 radical (unpaired) electrons. The van der Waals surface area contributed by atoms with Crippen LogP contribution >= 0.6 is 15.9 Å². The fraction of sp³-hybridized carbons (Fsp3) is 0.143. The molecule has 0 fully saturated rings. The Labute approximate surface area is 114 Å². The first-order chi connectivity index (χ1) is 8.69. The standard InChI is InChI=1S/C14H13BrFNO/c1-18-12-5-2-10(3-6-12)9-17-14-8-11(16)4-7-13(14)15/h2-8,17H,9H2,1H3. The van der Waals surface area contributed by atoms with E-state index in [2.05, 4.69) is 21.2 Å². The monoisotopic (exact) mass is 309 g/mol. The fourth-order valence-corrected chi connectivity index (χ4v) is 1.96. The molecular formula is C14H13BrFNO. The lowest BCUT2D eigenvalue weighted by molar-refractivity contribution is 0.414. The molecule has 0 unspecified atom stereocenters. The van der Waals surface area contributed by atoms with Crippen molar-refractivity contribution in [2.24, 2.45) is 0 Å². The number of methoxy groups -OCH3 is 1. The Morgan fingerprint density at radius 3 is 2.56 bits per heavy atom. The van der Waals surface area contributed by atoms with Crippen LogP contribution in [0.15, 0.2) is 46.9 Å². The molecule has 0 aliphatic rings. The van der Waals surface area contributed by atoms with E-state index >= 15 is 0 Å². The zero-order valence-electron chi connectivity index (χ0n) is 9.91. The molecular weight excluding hydrogens is 297 g/mol. The van der Waals surface area contributed by atoms with Gasteiger partial charge in [-0.25, -0.2) is 4.39 Å². The predicted molar refractivity (Wildman–Crippen MR) is 74.4 cm³/mol. The van der Waals surface area contributed by atoms with Crippen molar-refractivity contribution in [3.8, 4) is 5.75 Å². The highest BCUT2D eigenvalue weighted by Gasteiger charge is 2.01. The van der Waals surface area contributed by atoms with Gasteiger partial charge in [-0.3, -0.25) is 0 Å². The summed E-state index contributed by atoms with van der Waals surface area (Å²) >= 11 is 3.38. The van der Waals surface area contributed by atoms with Crippen LogP contribution in [0.2, 0.25) is 0 Å². The van der Waals surface area contributed by atoms with Gasteiger partial charge in [0.05, 0.1) is 12.8 Å². The van der Waals surface area contributed by atoms with Crippen LogP contribution < -0.4 is 10.1 Å². The summed E-state index contributed by atoms with van der Waals surface area (Å²) in [5, 5.41) is 3.18. The predicted octanol–water partition coefficient (Wildman–Crippen LogP) is 4.21. The summed E-state index contributed by atoms with van der Waals surface area (Å²) < 4.78 is 19.0. The third-order valence-corrected chi connectivity index (χ3v) is 3.26. The van der Waals surface area contributed by atoms with Gasteiger partial charge in [0.2, 0.25) is 0 Å². The van der Waals surface area contributed by atoms with E-state index in [0.29, 0.717) is 6.54 Å². The zero-order valence-corrected chi connectivity index (χ0v) is 11.5. The summed E-state index contributed by atoms with van der Waals surface area (Å²) in [5.41, 5.74) is 1.85. The van der Waals surface area contributed by atoms with Crippen molar-refractivity contribution >= 4 is 21.6 Å². The molecule has 0 spiro atoms. The summed E-state index contributed by atoms with van der Waals surface area (Å²) in [4.78, 5) is 0. The number of benzene rings is 2. The largest absolute Gasteiger partial charge is 0.497 e. The Bertz CT molecular complexity index is 528. The topological polar surface area (TPSA) is 21.3 Å². The molecule has 2 aromatic carbocycles. The summed E-state index contributed by atoms with van der Waals surface area (Å²) in [6.45, 7) is 0.631. The van der Waals surface area contributed by atoms with Gasteiger partial charge in [0.1, 0.15) is 11.6 Å². The molecule has 0 saturated heterocycles. The lowest BCUT2D eigenvalue weighted by Gasteiger charge is -2.09. The van der Waals surface area contributed by atoms with Crippen molar-refractivity contribution in [1.29, 1.82) is 0 Å². The molecule has 0 amide bonds. The average molecular weight is 310 g/mol. The molecule has 2 rings (SSSR count). The highest BCUT2D eigenvalue weighted by Crippen LogP contribution is 2.23. The smallest absolute Gasteiger partial charge is 0.125 e.